The van der Waals surface area contributed by atoms with Crippen LogP contribution in [0.3, 0.4) is 0 Å². The highest BCUT2D eigenvalue weighted by atomic mass is 35.5. The summed E-state index contributed by atoms with van der Waals surface area (Å²) in [5.74, 6) is 0.791. The maximum Gasteiger partial charge on any atom is 0.270 e. The first kappa shape index (κ1) is 16.2. The second-order valence-corrected chi connectivity index (χ2v) is 6.89. The predicted octanol–water partition coefficient (Wildman–Crippen LogP) is 3.33. The number of nitrogens with one attached hydrogen (secondary N) is 1. The van der Waals surface area contributed by atoms with Crippen molar-refractivity contribution in [3.8, 4) is 11.1 Å². The Morgan fingerprint density at radius 3 is 2.84 bits per heavy atom. The lowest BCUT2D eigenvalue weighted by molar-refractivity contribution is -0.384. The highest BCUT2D eigenvalue weighted by molar-refractivity contribution is 7.17. The van der Waals surface area contributed by atoms with E-state index in [1.807, 2.05) is 11.4 Å². The number of hydrogen-bond donors (Lipinski definition) is 1. The number of aromatic nitrogens is 2. The van der Waals surface area contributed by atoms with Crippen molar-refractivity contribution >= 4 is 44.7 Å². The Hall–Kier alpha value is -2.29. The smallest absolute Gasteiger partial charge is 0.270 e. The molecule has 3 heterocycles. The molecule has 0 atom stereocenters. The van der Waals surface area contributed by atoms with Gasteiger partial charge >= 0.3 is 0 Å². The quantitative estimate of drug-likeness (QED) is 0.429. The molecular formula is C16H14ClN5O2S. The van der Waals surface area contributed by atoms with E-state index >= 15 is 0 Å². The van der Waals surface area contributed by atoms with Gasteiger partial charge in [-0.15, -0.1) is 11.3 Å². The third-order valence-corrected chi connectivity index (χ3v) is 5.21. The summed E-state index contributed by atoms with van der Waals surface area (Å²) >= 11 is 7.59. The molecule has 0 saturated carbocycles. The van der Waals surface area contributed by atoms with Gasteiger partial charge in [-0.3, -0.25) is 10.1 Å². The number of halogens is 1. The van der Waals surface area contributed by atoms with Crippen molar-refractivity contribution in [1.82, 2.24) is 15.3 Å². The summed E-state index contributed by atoms with van der Waals surface area (Å²) < 4.78 is 0. The molecule has 25 heavy (non-hydrogen) atoms. The van der Waals surface area contributed by atoms with Crippen molar-refractivity contribution in [2.45, 2.75) is 0 Å². The maximum atomic E-state index is 11.1. The lowest BCUT2D eigenvalue weighted by Crippen LogP contribution is -2.44. The number of non-ortho nitro benzene ring substituents is 1. The maximum absolute atomic E-state index is 11.1. The van der Waals surface area contributed by atoms with Crippen molar-refractivity contribution in [2.75, 3.05) is 31.1 Å². The van der Waals surface area contributed by atoms with Gasteiger partial charge in [-0.1, -0.05) is 12.1 Å². The highest BCUT2D eigenvalue weighted by Gasteiger charge is 2.21. The minimum atomic E-state index is -0.386. The largest absolute Gasteiger partial charge is 0.353 e. The van der Waals surface area contributed by atoms with E-state index in [1.165, 1.54) is 17.4 Å². The molecule has 1 saturated heterocycles. The number of nitro groups is 1. The Labute approximate surface area is 152 Å². The van der Waals surface area contributed by atoms with E-state index in [9.17, 15) is 10.1 Å². The lowest BCUT2D eigenvalue weighted by Gasteiger charge is -2.29. The van der Waals surface area contributed by atoms with Crippen LogP contribution in [-0.4, -0.2) is 41.1 Å². The molecule has 9 heteroatoms. The first-order chi connectivity index (χ1) is 12.1. The van der Waals surface area contributed by atoms with Crippen LogP contribution >= 0.6 is 22.9 Å². The van der Waals surface area contributed by atoms with Gasteiger partial charge in [0.15, 0.2) is 0 Å². The molecule has 1 fully saturated rings. The third-order valence-electron chi connectivity index (χ3n) is 4.17. The Kier molecular flexibility index (Phi) is 4.24. The van der Waals surface area contributed by atoms with E-state index in [0.29, 0.717) is 0 Å². The number of piperazine rings is 1. The normalized spacial score (nSPS) is 14.8. The number of anilines is 1. The van der Waals surface area contributed by atoms with E-state index in [0.717, 1.165) is 53.3 Å². The Morgan fingerprint density at radius 1 is 1.28 bits per heavy atom. The van der Waals surface area contributed by atoms with Crippen molar-refractivity contribution in [1.29, 1.82) is 0 Å². The van der Waals surface area contributed by atoms with Crippen molar-refractivity contribution in [2.24, 2.45) is 0 Å². The van der Waals surface area contributed by atoms with Crippen LogP contribution in [0.15, 0.2) is 29.6 Å². The summed E-state index contributed by atoms with van der Waals surface area (Å²) in [6.45, 7) is 3.40. The zero-order chi connectivity index (χ0) is 17.4. The predicted molar refractivity (Wildman–Crippen MR) is 99.6 cm³/mol. The average molecular weight is 376 g/mol. The number of fused-ring (bicyclic) bond motifs is 1. The zero-order valence-corrected chi connectivity index (χ0v) is 14.7. The van der Waals surface area contributed by atoms with Gasteiger partial charge < -0.3 is 10.2 Å². The van der Waals surface area contributed by atoms with E-state index in [4.69, 9.17) is 11.6 Å². The molecule has 0 amide bonds. The molecule has 1 aliphatic heterocycles. The fourth-order valence-corrected chi connectivity index (χ4v) is 4.16. The van der Waals surface area contributed by atoms with Gasteiger partial charge in [0, 0.05) is 49.3 Å². The molecule has 0 aliphatic carbocycles. The minimum Gasteiger partial charge on any atom is -0.353 e. The van der Waals surface area contributed by atoms with Gasteiger partial charge in [0.05, 0.1) is 10.3 Å². The molecule has 0 unspecified atom stereocenters. The van der Waals surface area contributed by atoms with Crippen LogP contribution in [0.25, 0.3) is 21.3 Å². The summed E-state index contributed by atoms with van der Waals surface area (Å²) in [5, 5.41) is 17.5. The van der Waals surface area contributed by atoms with Gasteiger partial charge in [-0.25, -0.2) is 4.98 Å². The molecule has 2 aromatic heterocycles. The van der Waals surface area contributed by atoms with Gasteiger partial charge in [0.2, 0.25) is 5.28 Å². The Bertz CT molecular complexity index is 955. The molecule has 128 valence electrons. The molecule has 1 aliphatic rings. The second-order valence-electron chi connectivity index (χ2n) is 5.69. The van der Waals surface area contributed by atoms with Crippen molar-refractivity contribution in [3.63, 3.8) is 0 Å². The van der Waals surface area contributed by atoms with Gasteiger partial charge in [-0.05, 0) is 17.2 Å². The monoisotopic (exact) mass is 375 g/mol. The molecule has 0 radical (unpaired) electrons. The van der Waals surface area contributed by atoms with Gasteiger partial charge in [0.1, 0.15) is 10.6 Å². The molecule has 0 spiro atoms. The van der Waals surface area contributed by atoms with E-state index < -0.39 is 0 Å². The van der Waals surface area contributed by atoms with Crippen LogP contribution < -0.4 is 10.2 Å². The van der Waals surface area contributed by atoms with E-state index in [2.05, 4.69) is 20.2 Å². The van der Waals surface area contributed by atoms with Crippen LogP contribution in [0.5, 0.6) is 0 Å². The number of hydrogen-bond acceptors (Lipinski definition) is 7. The average Bonchev–Trinajstić information content (AvgIpc) is 3.05. The number of nitro benzene ring substituents is 1. The summed E-state index contributed by atoms with van der Waals surface area (Å²) in [7, 11) is 0. The topological polar surface area (TPSA) is 84.2 Å². The molecular weight excluding hydrogens is 362 g/mol. The molecule has 7 nitrogen and oxygen atoms in total. The minimum absolute atomic E-state index is 0.0652. The van der Waals surface area contributed by atoms with Gasteiger partial charge in [-0.2, -0.15) is 4.98 Å². The second kappa shape index (κ2) is 6.55. The van der Waals surface area contributed by atoms with Crippen LogP contribution in [-0.2, 0) is 0 Å². The molecule has 0 bridgehead atoms. The summed E-state index contributed by atoms with van der Waals surface area (Å²) in [4.78, 5) is 22.5. The summed E-state index contributed by atoms with van der Waals surface area (Å²) in [6.07, 6.45) is 0. The molecule has 4 rings (SSSR count). The van der Waals surface area contributed by atoms with Crippen molar-refractivity contribution in [3.05, 3.63) is 45.0 Å². The summed E-state index contributed by atoms with van der Waals surface area (Å²) in [6, 6.07) is 6.63. The number of benzene rings is 1. The number of thiophene rings is 1. The fraction of sp³-hybridized carbons (Fsp3) is 0.250. The van der Waals surface area contributed by atoms with E-state index in [-0.39, 0.29) is 15.9 Å². The zero-order valence-electron chi connectivity index (χ0n) is 13.1. The fourth-order valence-electron chi connectivity index (χ4n) is 3.00. The summed E-state index contributed by atoms with van der Waals surface area (Å²) in [5.41, 5.74) is 1.74. The SMILES string of the molecule is O=[N+]([O-])c1cccc(-c2csc3nc(Cl)nc(N4CCNCC4)c23)c1. The van der Waals surface area contributed by atoms with Crippen LogP contribution in [0, 0.1) is 10.1 Å². The van der Waals surface area contributed by atoms with Gasteiger partial charge in [0.25, 0.3) is 5.69 Å². The van der Waals surface area contributed by atoms with Crippen molar-refractivity contribution < 1.29 is 4.92 Å². The molecule has 3 aromatic rings. The highest BCUT2D eigenvalue weighted by Crippen LogP contribution is 2.39. The number of rotatable bonds is 3. The third kappa shape index (κ3) is 3.04. The molecule has 1 aromatic carbocycles. The first-order valence-electron chi connectivity index (χ1n) is 7.79. The lowest BCUT2D eigenvalue weighted by atomic mass is 10.1. The number of nitrogens with zero attached hydrogens (tertiary/aromatic N) is 4. The Morgan fingerprint density at radius 2 is 2.08 bits per heavy atom. The Balaban J connectivity index is 1.90. The van der Waals surface area contributed by atoms with Crippen LogP contribution in [0.2, 0.25) is 5.28 Å². The van der Waals surface area contributed by atoms with Crippen LogP contribution in [0.1, 0.15) is 0 Å². The first-order valence-corrected chi connectivity index (χ1v) is 9.04. The molecule has 1 N–H and O–H groups in total. The standard InChI is InChI=1S/C16H14ClN5O2S/c17-16-19-14(21-6-4-18-5-7-21)13-12(9-25-15(13)20-16)10-2-1-3-11(8-10)22(23)24/h1-3,8-9,18H,4-7H2. The van der Waals surface area contributed by atoms with Crippen LogP contribution in [0.4, 0.5) is 11.5 Å². The van der Waals surface area contributed by atoms with E-state index in [1.54, 1.807) is 12.1 Å².